The Hall–Kier alpha value is -0.620. The largest absolute Gasteiger partial charge is 0.353 e. The molecule has 0 atom stereocenters. The monoisotopic (exact) mass is 248 g/mol. The fraction of sp³-hybridized carbons (Fsp3) is 0.900. The number of hydrogen-bond acceptors (Lipinski definition) is 4. The Morgan fingerprint density at radius 3 is 2.56 bits per heavy atom. The van der Waals surface area contributed by atoms with Gasteiger partial charge in [0.2, 0.25) is 5.91 Å². The maximum absolute atomic E-state index is 11.2. The van der Waals surface area contributed by atoms with Crippen LogP contribution in [0.2, 0.25) is 0 Å². The minimum absolute atomic E-state index is 0.0494. The number of carbonyl (C=O) groups is 1. The quantitative estimate of drug-likeness (QED) is 0.577. The molecule has 94 valence electrons. The van der Waals surface area contributed by atoms with Crippen molar-refractivity contribution in [3.05, 3.63) is 0 Å². The molecule has 1 fully saturated rings. The van der Waals surface area contributed by atoms with Gasteiger partial charge in [-0.1, -0.05) is 6.92 Å². The van der Waals surface area contributed by atoms with Crippen LogP contribution in [0.3, 0.4) is 0 Å². The molecule has 5 nitrogen and oxygen atoms in total. The van der Waals surface area contributed by atoms with Gasteiger partial charge < -0.3 is 10.6 Å². The van der Waals surface area contributed by atoms with E-state index in [1.54, 1.807) is 6.92 Å². The highest BCUT2D eigenvalue weighted by Crippen LogP contribution is 2.18. The van der Waals surface area contributed by atoms with Crippen LogP contribution in [-0.2, 0) is 14.6 Å². The van der Waals surface area contributed by atoms with Crippen molar-refractivity contribution in [1.29, 1.82) is 0 Å². The van der Waals surface area contributed by atoms with E-state index in [-0.39, 0.29) is 17.4 Å². The molecule has 0 aromatic heterocycles. The normalized spacial score (nSPS) is 16.1. The first kappa shape index (κ1) is 13.4. The third kappa shape index (κ3) is 6.07. The summed E-state index contributed by atoms with van der Waals surface area (Å²) in [5, 5.41) is 5.84. The zero-order valence-corrected chi connectivity index (χ0v) is 10.5. The lowest BCUT2D eigenvalue weighted by atomic mass is 10.4. The van der Waals surface area contributed by atoms with Gasteiger partial charge in [0, 0.05) is 31.3 Å². The second kappa shape index (κ2) is 6.20. The number of hydrogen-bond donors (Lipinski definition) is 2. The van der Waals surface area contributed by atoms with Crippen molar-refractivity contribution < 1.29 is 13.2 Å². The number of nitrogens with one attached hydrogen (secondary N) is 2. The molecule has 1 rings (SSSR count). The van der Waals surface area contributed by atoms with Crippen molar-refractivity contribution in [3.8, 4) is 0 Å². The minimum atomic E-state index is -2.89. The molecule has 0 aromatic carbocycles. The van der Waals surface area contributed by atoms with Gasteiger partial charge in [-0.15, -0.1) is 0 Å². The lowest BCUT2D eigenvalue weighted by Gasteiger charge is -2.05. The molecule has 0 aromatic rings. The van der Waals surface area contributed by atoms with Crippen molar-refractivity contribution in [3.63, 3.8) is 0 Å². The highest BCUT2D eigenvalue weighted by atomic mass is 32.2. The first-order chi connectivity index (χ1) is 7.53. The van der Waals surface area contributed by atoms with E-state index in [2.05, 4.69) is 10.6 Å². The Morgan fingerprint density at radius 2 is 2.00 bits per heavy atom. The van der Waals surface area contributed by atoms with E-state index in [1.165, 1.54) is 0 Å². The highest BCUT2D eigenvalue weighted by molar-refractivity contribution is 7.91. The van der Waals surface area contributed by atoms with Gasteiger partial charge in [0.25, 0.3) is 0 Å². The smallest absolute Gasteiger partial charge is 0.221 e. The first-order valence-corrected chi connectivity index (χ1v) is 7.56. The van der Waals surface area contributed by atoms with Gasteiger partial charge in [-0.2, -0.15) is 0 Å². The standard InChI is InChI=1S/C10H20N2O3S/c1-2-16(14,15)8-7-11-6-5-10(13)12-9-3-4-9/h9,11H,2-8H2,1H3,(H,12,13). The topological polar surface area (TPSA) is 75.3 Å². The lowest BCUT2D eigenvalue weighted by Crippen LogP contribution is -2.31. The summed E-state index contributed by atoms with van der Waals surface area (Å²) in [4.78, 5) is 11.2. The fourth-order valence-corrected chi connectivity index (χ4v) is 1.97. The predicted molar refractivity (Wildman–Crippen MR) is 63.0 cm³/mol. The van der Waals surface area contributed by atoms with E-state index in [9.17, 15) is 13.2 Å². The number of rotatable bonds is 8. The van der Waals surface area contributed by atoms with Gasteiger partial charge in [-0.25, -0.2) is 8.42 Å². The van der Waals surface area contributed by atoms with Crippen molar-refractivity contribution in [2.24, 2.45) is 0 Å². The summed E-state index contributed by atoms with van der Waals surface area (Å²) in [6.07, 6.45) is 2.60. The highest BCUT2D eigenvalue weighted by Gasteiger charge is 2.22. The molecule has 0 heterocycles. The second-order valence-corrected chi connectivity index (χ2v) is 6.55. The fourth-order valence-electron chi connectivity index (χ4n) is 1.23. The summed E-state index contributed by atoms with van der Waals surface area (Å²) >= 11 is 0. The summed E-state index contributed by atoms with van der Waals surface area (Å²) in [5.74, 6) is 0.373. The van der Waals surface area contributed by atoms with Gasteiger partial charge in [0.15, 0.2) is 9.84 Å². The van der Waals surface area contributed by atoms with Crippen molar-refractivity contribution >= 4 is 15.7 Å². The van der Waals surface area contributed by atoms with E-state index < -0.39 is 9.84 Å². The molecule has 1 amide bonds. The Bertz CT molecular complexity index is 323. The van der Waals surface area contributed by atoms with Crippen LogP contribution >= 0.6 is 0 Å². The van der Waals surface area contributed by atoms with Crippen LogP contribution in [0.4, 0.5) is 0 Å². The van der Waals surface area contributed by atoms with Crippen LogP contribution in [-0.4, -0.2) is 45.0 Å². The van der Waals surface area contributed by atoms with Gasteiger partial charge in [0.05, 0.1) is 5.75 Å². The van der Waals surface area contributed by atoms with E-state index in [4.69, 9.17) is 0 Å². The van der Waals surface area contributed by atoms with E-state index in [1.807, 2.05) is 0 Å². The zero-order valence-electron chi connectivity index (χ0n) is 9.66. The van der Waals surface area contributed by atoms with Crippen LogP contribution in [0.15, 0.2) is 0 Å². The van der Waals surface area contributed by atoms with Gasteiger partial charge in [-0.05, 0) is 12.8 Å². The van der Waals surface area contributed by atoms with E-state index >= 15 is 0 Å². The molecule has 0 aliphatic heterocycles. The van der Waals surface area contributed by atoms with Crippen LogP contribution < -0.4 is 10.6 Å². The third-order valence-electron chi connectivity index (χ3n) is 2.50. The second-order valence-electron chi connectivity index (χ2n) is 4.08. The Labute approximate surface area is 96.9 Å². The molecular formula is C10H20N2O3S. The zero-order chi connectivity index (χ0) is 12.0. The number of amides is 1. The molecule has 1 aliphatic rings. The average molecular weight is 248 g/mol. The molecule has 0 unspecified atom stereocenters. The predicted octanol–water partition coefficient (Wildman–Crippen LogP) is -0.321. The lowest BCUT2D eigenvalue weighted by molar-refractivity contribution is -0.121. The average Bonchev–Trinajstić information content (AvgIpc) is 3.01. The molecule has 1 saturated carbocycles. The van der Waals surface area contributed by atoms with Gasteiger partial charge >= 0.3 is 0 Å². The van der Waals surface area contributed by atoms with Gasteiger partial charge in [-0.3, -0.25) is 4.79 Å². The molecule has 0 spiro atoms. The maximum atomic E-state index is 11.2. The molecule has 0 saturated heterocycles. The minimum Gasteiger partial charge on any atom is -0.353 e. The third-order valence-corrected chi connectivity index (χ3v) is 4.21. The molecule has 6 heteroatoms. The van der Waals surface area contributed by atoms with Crippen molar-refractivity contribution in [2.75, 3.05) is 24.6 Å². The van der Waals surface area contributed by atoms with E-state index in [0.29, 0.717) is 25.6 Å². The van der Waals surface area contributed by atoms with Crippen molar-refractivity contribution in [1.82, 2.24) is 10.6 Å². The summed E-state index contributed by atoms with van der Waals surface area (Å²) < 4.78 is 22.3. The maximum Gasteiger partial charge on any atom is 0.221 e. The van der Waals surface area contributed by atoms with Crippen LogP contribution in [0.5, 0.6) is 0 Å². The first-order valence-electron chi connectivity index (χ1n) is 5.74. The Kier molecular flexibility index (Phi) is 5.21. The molecule has 16 heavy (non-hydrogen) atoms. The summed E-state index contributed by atoms with van der Waals surface area (Å²) in [7, 11) is -2.89. The molecule has 0 bridgehead atoms. The Balaban J connectivity index is 1.96. The summed E-state index contributed by atoms with van der Waals surface area (Å²) in [6, 6.07) is 0.396. The summed E-state index contributed by atoms with van der Waals surface area (Å²) in [6.45, 7) is 2.60. The van der Waals surface area contributed by atoms with Crippen molar-refractivity contribution in [2.45, 2.75) is 32.2 Å². The SMILES string of the molecule is CCS(=O)(=O)CCNCCC(=O)NC1CC1. The molecule has 2 N–H and O–H groups in total. The number of sulfone groups is 1. The van der Waals surface area contributed by atoms with E-state index in [0.717, 1.165) is 12.8 Å². The summed E-state index contributed by atoms with van der Waals surface area (Å²) in [5.41, 5.74) is 0. The van der Waals surface area contributed by atoms with Crippen LogP contribution in [0.25, 0.3) is 0 Å². The van der Waals surface area contributed by atoms with Gasteiger partial charge in [0.1, 0.15) is 0 Å². The Morgan fingerprint density at radius 1 is 1.31 bits per heavy atom. The number of carbonyl (C=O) groups excluding carboxylic acids is 1. The molecular weight excluding hydrogens is 228 g/mol. The molecule has 0 radical (unpaired) electrons. The van der Waals surface area contributed by atoms with Crippen LogP contribution in [0.1, 0.15) is 26.2 Å². The van der Waals surface area contributed by atoms with Crippen LogP contribution in [0, 0.1) is 0 Å². The molecule has 1 aliphatic carbocycles.